The van der Waals surface area contributed by atoms with Gasteiger partial charge in [-0.2, -0.15) is 0 Å². The van der Waals surface area contributed by atoms with Crippen LogP contribution in [0.4, 0.5) is 4.79 Å². The number of hydrogen-bond donors (Lipinski definition) is 4. The second kappa shape index (κ2) is 13.3. The summed E-state index contributed by atoms with van der Waals surface area (Å²) in [5, 5.41) is 17.2. The van der Waals surface area contributed by atoms with Gasteiger partial charge >= 0.3 is 6.09 Å². The standard InChI is InChI=1S/C26H38N4O5/c1-17(2)14-22(30-26(33)35-20-12-13-34-16-20)25(32)29-21(11-8-18-6-4-3-5-7-18)24(27)23(31)15-28-19-9-10-19/h3-7,17,19-22,27-28H,8-16H2,1-2H3,(H,29,32)(H,30,33)/t20?,21-,22-/m0/s1. The quantitative estimate of drug-likeness (QED) is 0.299. The molecule has 0 bridgehead atoms. The van der Waals surface area contributed by atoms with E-state index in [9.17, 15) is 14.4 Å². The van der Waals surface area contributed by atoms with E-state index in [2.05, 4.69) is 16.0 Å². The molecule has 2 fully saturated rings. The molecule has 1 heterocycles. The molecule has 0 radical (unpaired) electrons. The molecule has 0 spiro atoms. The molecule has 3 rings (SSSR count). The number of carbonyl (C=O) groups excluding carboxylic acids is 3. The number of alkyl carbamates (subject to hydrolysis) is 1. The van der Waals surface area contributed by atoms with Gasteiger partial charge in [-0.05, 0) is 43.6 Å². The van der Waals surface area contributed by atoms with Gasteiger partial charge in [0.2, 0.25) is 5.91 Å². The van der Waals surface area contributed by atoms with E-state index in [1.54, 1.807) is 0 Å². The molecule has 1 aromatic carbocycles. The van der Waals surface area contributed by atoms with Gasteiger partial charge in [0.05, 0.1) is 31.5 Å². The van der Waals surface area contributed by atoms with Crippen molar-refractivity contribution in [1.29, 1.82) is 5.41 Å². The number of hydrogen-bond acceptors (Lipinski definition) is 7. The third kappa shape index (κ3) is 9.41. The topological polar surface area (TPSA) is 130 Å². The lowest BCUT2D eigenvalue weighted by Crippen LogP contribution is -2.54. The Morgan fingerprint density at radius 3 is 2.46 bits per heavy atom. The van der Waals surface area contributed by atoms with Crippen LogP contribution in [0.2, 0.25) is 0 Å². The van der Waals surface area contributed by atoms with Crippen molar-refractivity contribution in [3.05, 3.63) is 35.9 Å². The SMILES string of the molecule is CC(C)C[C@H](NC(=O)OC1CCOC1)C(=O)N[C@@H](CCc1ccccc1)C(=N)C(=O)CNC1CC1. The predicted octanol–water partition coefficient (Wildman–Crippen LogP) is 2.37. The third-order valence-corrected chi connectivity index (χ3v) is 6.14. The monoisotopic (exact) mass is 486 g/mol. The van der Waals surface area contributed by atoms with Crippen LogP contribution in [-0.4, -0.2) is 67.5 Å². The molecule has 192 valence electrons. The minimum atomic E-state index is -0.837. The minimum absolute atomic E-state index is 0.0880. The van der Waals surface area contributed by atoms with Crippen LogP contribution in [0, 0.1) is 11.3 Å². The first-order valence-corrected chi connectivity index (χ1v) is 12.6. The molecule has 35 heavy (non-hydrogen) atoms. The Morgan fingerprint density at radius 2 is 1.83 bits per heavy atom. The Hall–Kier alpha value is -2.78. The van der Waals surface area contributed by atoms with Gasteiger partial charge in [0, 0.05) is 12.5 Å². The van der Waals surface area contributed by atoms with E-state index in [0.29, 0.717) is 44.9 Å². The number of ketones is 1. The Kier molecular flexibility index (Phi) is 10.2. The van der Waals surface area contributed by atoms with Crippen molar-refractivity contribution in [2.24, 2.45) is 5.92 Å². The molecule has 3 atom stereocenters. The summed E-state index contributed by atoms with van der Waals surface area (Å²) in [6.07, 6.45) is 3.14. The molecule has 2 aliphatic rings. The van der Waals surface area contributed by atoms with Crippen molar-refractivity contribution in [3.8, 4) is 0 Å². The molecule has 1 unspecified atom stereocenters. The van der Waals surface area contributed by atoms with Gasteiger partial charge in [0.1, 0.15) is 12.1 Å². The van der Waals surface area contributed by atoms with Crippen molar-refractivity contribution in [3.63, 3.8) is 0 Å². The molecule has 9 nitrogen and oxygen atoms in total. The van der Waals surface area contributed by atoms with Gasteiger partial charge in [0.25, 0.3) is 0 Å². The summed E-state index contributed by atoms with van der Waals surface area (Å²) in [6.45, 7) is 4.90. The van der Waals surface area contributed by atoms with Crippen LogP contribution in [-0.2, 0) is 25.5 Å². The number of rotatable bonds is 14. The average Bonchev–Trinajstić information content (AvgIpc) is 3.53. The highest BCUT2D eigenvalue weighted by Crippen LogP contribution is 2.18. The third-order valence-electron chi connectivity index (χ3n) is 6.14. The summed E-state index contributed by atoms with van der Waals surface area (Å²) in [5.41, 5.74) is 0.929. The number of Topliss-reactive ketones (excluding diaryl/α,β-unsaturated/α-hetero) is 1. The number of aryl methyl sites for hydroxylation is 1. The van der Waals surface area contributed by atoms with E-state index in [4.69, 9.17) is 14.9 Å². The lowest BCUT2D eigenvalue weighted by Gasteiger charge is -2.25. The Bertz CT molecular complexity index is 866. The van der Waals surface area contributed by atoms with Crippen molar-refractivity contribution < 1.29 is 23.9 Å². The van der Waals surface area contributed by atoms with Gasteiger partial charge in [-0.1, -0.05) is 44.2 Å². The van der Waals surface area contributed by atoms with E-state index in [1.807, 2.05) is 44.2 Å². The predicted molar refractivity (Wildman–Crippen MR) is 133 cm³/mol. The molecule has 2 amide bonds. The highest BCUT2D eigenvalue weighted by molar-refractivity contribution is 6.41. The zero-order chi connectivity index (χ0) is 25.2. The molecule has 1 saturated heterocycles. The Labute approximate surface area is 207 Å². The van der Waals surface area contributed by atoms with Crippen molar-refractivity contribution in [2.75, 3.05) is 19.8 Å². The number of amides is 2. The van der Waals surface area contributed by atoms with Gasteiger partial charge in [0.15, 0.2) is 5.78 Å². The molecular formula is C26H38N4O5. The van der Waals surface area contributed by atoms with E-state index in [0.717, 1.165) is 18.4 Å². The second-order valence-corrected chi connectivity index (χ2v) is 9.79. The maximum atomic E-state index is 13.2. The van der Waals surface area contributed by atoms with E-state index >= 15 is 0 Å². The lowest BCUT2D eigenvalue weighted by atomic mass is 9.97. The zero-order valence-electron chi connectivity index (χ0n) is 20.7. The van der Waals surface area contributed by atoms with E-state index < -0.39 is 24.1 Å². The smallest absolute Gasteiger partial charge is 0.408 e. The summed E-state index contributed by atoms with van der Waals surface area (Å²) < 4.78 is 10.6. The van der Waals surface area contributed by atoms with Crippen molar-refractivity contribution in [2.45, 2.75) is 76.6 Å². The molecule has 9 heteroatoms. The molecule has 1 aromatic rings. The molecule has 1 aliphatic heterocycles. The van der Waals surface area contributed by atoms with Crippen LogP contribution in [0.5, 0.6) is 0 Å². The molecule has 1 saturated carbocycles. The van der Waals surface area contributed by atoms with Crippen LogP contribution in [0.3, 0.4) is 0 Å². The zero-order valence-corrected chi connectivity index (χ0v) is 20.7. The maximum absolute atomic E-state index is 13.2. The largest absolute Gasteiger partial charge is 0.444 e. The van der Waals surface area contributed by atoms with Gasteiger partial charge in [-0.3, -0.25) is 15.0 Å². The van der Waals surface area contributed by atoms with E-state index in [1.165, 1.54) is 0 Å². The summed E-state index contributed by atoms with van der Waals surface area (Å²) in [4.78, 5) is 38.4. The van der Waals surface area contributed by atoms with Crippen LogP contribution >= 0.6 is 0 Å². The normalized spacial score (nSPS) is 19.1. The Balaban J connectivity index is 1.64. The van der Waals surface area contributed by atoms with Crippen LogP contribution in [0.15, 0.2) is 30.3 Å². The summed E-state index contributed by atoms with van der Waals surface area (Å²) in [7, 11) is 0. The van der Waals surface area contributed by atoms with Crippen LogP contribution in [0.1, 0.15) is 51.5 Å². The maximum Gasteiger partial charge on any atom is 0.408 e. The lowest BCUT2D eigenvalue weighted by molar-refractivity contribution is -0.123. The Morgan fingerprint density at radius 1 is 1.09 bits per heavy atom. The number of ether oxygens (including phenoxy) is 2. The van der Waals surface area contributed by atoms with Crippen LogP contribution in [0.25, 0.3) is 0 Å². The first kappa shape index (κ1) is 26.8. The molecule has 1 aliphatic carbocycles. The summed E-state index contributed by atoms with van der Waals surface area (Å²) >= 11 is 0. The summed E-state index contributed by atoms with van der Waals surface area (Å²) in [6, 6.07) is 8.50. The van der Waals surface area contributed by atoms with Gasteiger partial charge < -0.3 is 25.4 Å². The molecular weight excluding hydrogens is 448 g/mol. The summed E-state index contributed by atoms with van der Waals surface area (Å²) in [5.74, 6) is -0.624. The first-order valence-electron chi connectivity index (χ1n) is 12.6. The number of carbonyl (C=O) groups is 3. The first-order chi connectivity index (χ1) is 16.8. The van der Waals surface area contributed by atoms with E-state index in [-0.39, 0.29) is 30.1 Å². The van der Waals surface area contributed by atoms with Gasteiger partial charge in [-0.25, -0.2) is 4.79 Å². The number of benzene rings is 1. The number of nitrogens with one attached hydrogen (secondary N) is 4. The van der Waals surface area contributed by atoms with Crippen LogP contribution < -0.4 is 16.0 Å². The van der Waals surface area contributed by atoms with Crippen molar-refractivity contribution >= 4 is 23.5 Å². The fraction of sp³-hybridized carbons (Fsp3) is 0.615. The van der Waals surface area contributed by atoms with Crippen molar-refractivity contribution in [1.82, 2.24) is 16.0 Å². The second-order valence-electron chi connectivity index (χ2n) is 9.79. The highest BCUT2D eigenvalue weighted by atomic mass is 16.6. The average molecular weight is 487 g/mol. The minimum Gasteiger partial charge on any atom is -0.444 e. The highest BCUT2D eigenvalue weighted by Gasteiger charge is 2.30. The fourth-order valence-electron chi connectivity index (χ4n) is 3.97. The fourth-order valence-corrected chi connectivity index (χ4v) is 3.97. The molecule has 4 N–H and O–H groups in total. The van der Waals surface area contributed by atoms with Gasteiger partial charge in [-0.15, -0.1) is 0 Å². The molecule has 0 aromatic heterocycles.